The molecule has 0 aliphatic rings. The van der Waals surface area contributed by atoms with Gasteiger partial charge >= 0.3 is 33.6 Å². The predicted molar refractivity (Wildman–Crippen MR) is 399 cm³/mol. The van der Waals surface area contributed by atoms with Gasteiger partial charge in [-0.2, -0.15) is 0 Å². The molecule has 0 aromatic heterocycles. The van der Waals surface area contributed by atoms with Gasteiger partial charge in [-0.25, -0.2) is 9.13 Å². The van der Waals surface area contributed by atoms with Crippen molar-refractivity contribution in [3.8, 4) is 0 Å². The third-order valence-corrected chi connectivity index (χ3v) is 17.5. The third-order valence-electron chi connectivity index (χ3n) is 15.6. The van der Waals surface area contributed by atoms with Gasteiger partial charge < -0.3 is 34.2 Å². The second-order valence-corrected chi connectivity index (χ2v) is 28.0. The zero-order chi connectivity index (χ0) is 70.9. The summed E-state index contributed by atoms with van der Waals surface area (Å²) in [6, 6.07) is 0. The number of ether oxygens (including phenoxy) is 3. The number of hydrogen-bond acceptors (Lipinski definition) is 14. The van der Waals surface area contributed by atoms with E-state index in [9.17, 15) is 43.5 Å². The highest BCUT2D eigenvalue weighted by atomic mass is 31.2. The molecule has 18 heteroatoms. The highest BCUT2D eigenvalue weighted by Crippen LogP contribution is 2.45. The molecule has 0 aliphatic carbocycles. The van der Waals surface area contributed by atoms with E-state index in [0.717, 1.165) is 154 Å². The van der Waals surface area contributed by atoms with E-state index in [0.29, 0.717) is 19.3 Å². The number of carbonyl (C=O) groups is 3. The maximum absolute atomic E-state index is 13.0. The van der Waals surface area contributed by atoms with Gasteiger partial charge in [-0.3, -0.25) is 32.5 Å². The molecule has 0 amide bonds. The number of phosphoric acid groups is 2. The molecule has 0 aromatic rings. The summed E-state index contributed by atoms with van der Waals surface area (Å²) in [5.74, 6) is -1.61. The number of unbranched alkanes of at least 4 members (excludes halogenated alkanes) is 28. The summed E-state index contributed by atoms with van der Waals surface area (Å²) < 4.78 is 61.1. The second-order valence-electron chi connectivity index (χ2n) is 25.1. The first kappa shape index (κ1) is 93.0. The number of aliphatic hydroxyl groups excluding tert-OH is 2. The Morgan fingerprint density at radius 2 is 0.546 bits per heavy atom. The summed E-state index contributed by atoms with van der Waals surface area (Å²) in [5.41, 5.74) is 0. The van der Waals surface area contributed by atoms with Crippen molar-refractivity contribution in [2.45, 2.75) is 322 Å². The molecule has 0 saturated heterocycles. The van der Waals surface area contributed by atoms with Gasteiger partial charge in [0.05, 0.1) is 26.4 Å². The lowest BCUT2D eigenvalue weighted by Crippen LogP contribution is -2.30. The number of phosphoric ester groups is 2. The molecule has 0 heterocycles. The van der Waals surface area contributed by atoms with Crippen molar-refractivity contribution in [2.24, 2.45) is 0 Å². The van der Waals surface area contributed by atoms with Gasteiger partial charge in [-0.15, -0.1) is 0 Å². The Balaban J connectivity index is 4.63. The van der Waals surface area contributed by atoms with Gasteiger partial charge in [0.1, 0.15) is 25.4 Å². The first-order valence-corrected chi connectivity index (χ1v) is 40.8. The summed E-state index contributed by atoms with van der Waals surface area (Å²) in [6.07, 6.45) is 83.8. The normalized spacial score (nSPS) is 14.8. The van der Waals surface area contributed by atoms with Crippen LogP contribution in [0.25, 0.3) is 0 Å². The van der Waals surface area contributed by atoms with Crippen LogP contribution in [-0.4, -0.2) is 95.9 Å². The van der Waals surface area contributed by atoms with Crippen molar-refractivity contribution in [1.82, 2.24) is 0 Å². The Morgan fingerprint density at radius 1 is 0.299 bits per heavy atom. The first-order chi connectivity index (χ1) is 47.2. The van der Waals surface area contributed by atoms with Crippen molar-refractivity contribution in [3.05, 3.63) is 122 Å². The first-order valence-electron chi connectivity index (χ1n) is 37.8. The minimum Gasteiger partial charge on any atom is -0.463 e. The predicted octanol–water partition coefficient (Wildman–Crippen LogP) is 21.8. The largest absolute Gasteiger partial charge is 0.472 e. The van der Waals surface area contributed by atoms with Crippen LogP contribution in [0.4, 0.5) is 0 Å². The molecule has 558 valence electrons. The Kier molecular flexibility index (Phi) is 68.8. The van der Waals surface area contributed by atoms with E-state index in [4.69, 9.17) is 32.3 Å². The summed E-state index contributed by atoms with van der Waals surface area (Å²) in [7, 11) is -9.80. The third kappa shape index (κ3) is 73.0. The van der Waals surface area contributed by atoms with E-state index in [1.807, 2.05) is 0 Å². The van der Waals surface area contributed by atoms with Crippen LogP contribution < -0.4 is 0 Å². The highest BCUT2D eigenvalue weighted by molar-refractivity contribution is 7.47. The molecule has 0 bridgehead atoms. The van der Waals surface area contributed by atoms with Crippen LogP contribution in [0.1, 0.15) is 303 Å². The number of allylic oxidation sites excluding steroid dienone is 20. The molecule has 0 aliphatic heterocycles. The van der Waals surface area contributed by atoms with Gasteiger partial charge in [-0.05, 0) is 135 Å². The van der Waals surface area contributed by atoms with Crippen molar-refractivity contribution in [3.63, 3.8) is 0 Å². The summed E-state index contributed by atoms with van der Waals surface area (Å²) in [4.78, 5) is 58.6. The van der Waals surface area contributed by atoms with Crippen molar-refractivity contribution in [1.29, 1.82) is 0 Å². The van der Waals surface area contributed by atoms with Gasteiger partial charge in [0, 0.05) is 19.3 Å². The van der Waals surface area contributed by atoms with Crippen LogP contribution in [-0.2, 0) is 55.8 Å². The monoisotopic (exact) mass is 1400 g/mol. The van der Waals surface area contributed by atoms with Gasteiger partial charge in [0.25, 0.3) is 0 Å². The van der Waals surface area contributed by atoms with Crippen LogP contribution in [0.3, 0.4) is 0 Å². The number of aliphatic hydroxyl groups is 2. The Morgan fingerprint density at radius 3 is 0.897 bits per heavy atom. The Bertz CT molecular complexity index is 2250. The summed E-state index contributed by atoms with van der Waals surface area (Å²) in [6.45, 7) is 2.50. The maximum Gasteiger partial charge on any atom is 0.472 e. The molecule has 5 atom stereocenters. The molecule has 4 N–H and O–H groups in total. The van der Waals surface area contributed by atoms with Crippen LogP contribution in [0.5, 0.6) is 0 Å². The topological polar surface area (TPSA) is 231 Å². The molecular formula is C79H136O16P2. The van der Waals surface area contributed by atoms with Crippen LogP contribution in [0, 0.1) is 0 Å². The highest BCUT2D eigenvalue weighted by Gasteiger charge is 2.29. The van der Waals surface area contributed by atoms with Gasteiger partial charge in [0.2, 0.25) is 0 Å². The lowest BCUT2D eigenvalue weighted by molar-refractivity contribution is -0.161. The van der Waals surface area contributed by atoms with Crippen LogP contribution in [0.15, 0.2) is 122 Å². The molecule has 0 saturated carbocycles. The molecule has 0 spiro atoms. The lowest BCUT2D eigenvalue weighted by atomic mass is 10.1. The fourth-order valence-electron chi connectivity index (χ4n) is 9.87. The maximum atomic E-state index is 13.0. The number of carbonyl (C=O) groups excluding carboxylic acids is 3. The van der Waals surface area contributed by atoms with E-state index in [1.165, 1.54) is 89.9 Å². The minimum absolute atomic E-state index is 0.0879. The molecule has 97 heavy (non-hydrogen) atoms. The average molecular weight is 1400 g/mol. The Labute approximate surface area is 589 Å². The fourth-order valence-corrected chi connectivity index (χ4v) is 11.5. The quantitative estimate of drug-likeness (QED) is 0.0146. The molecule has 0 fully saturated rings. The molecule has 5 unspecified atom stereocenters. The minimum atomic E-state index is -4.94. The smallest absolute Gasteiger partial charge is 0.463 e. The van der Waals surface area contributed by atoms with Crippen molar-refractivity contribution >= 4 is 33.6 Å². The molecule has 0 radical (unpaired) electrons. The van der Waals surface area contributed by atoms with Crippen LogP contribution in [0.2, 0.25) is 0 Å². The molecule has 0 aromatic carbocycles. The number of rotatable bonds is 71. The van der Waals surface area contributed by atoms with Crippen molar-refractivity contribution < 1.29 is 75.8 Å². The van der Waals surface area contributed by atoms with E-state index in [-0.39, 0.29) is 19.3 Å². The van der Waals surface area contributed by atoms with Gasteiger partial charge in [0.15, 0.2) is 6.10 Å². The number of esters is 3. The van der Waals surface area contributed by atoms with E-state index < -0.39 is 91.5 Å². The fraction of sp³-hybridized carbons (Fsp3) is 0.709. The number of hydrogen-bond donors (Lipinski definition) is 4. The average Bonchev–Trinajstić information content (AvgIpc) is 2.08. The standard InChI is InChI=1S/C79H136O16P2/c1-4-7-10-13-16-19-22-25-28-30-32-34-35-36-37-39-41-42-45-47-50-53-56-59-62-65-77(82)89-68-74(80)69-91-96(85,86)92-70-75(81)71-93-97(87,88)94-73-76(95-79(84)67-64-61-58-55-52-49-44-27-24-21-18-15-12-9-6-3)72-90-78(83)66-63-60-57-54-51-48-46-43-40-38-33-31-29-26-23-20-17-14-11-8-5-2/h8,11,16-17,19-20,25-29,32-34,36-38,43-44,46,74-76,80-81H,4-7,9-10,12-15,18,21-24,30-31,35,39-42,45,47-73H2,1-3H3,(H,85,86)(H,87,88)/b11-8-,19-16-,20-17-,28-25-,29-26-,34-32-,37-36-,38-33-,44-27-,46-43-. The molecular weight excluding hydrogens is 1270 g/mol. The summed E-state index contributed by atoms with van der Waals surface area (Å²) >= 11 is 0. The SMILES string of the molecule is CC/C=C\C/C=C\C/C=C\C/C=C\C/C=C\CCCCCCCC(=O)OCC(COP(=O)(O)OCC(O)COP(=O)(O)OCC(O)COC(=O)CCCCCCCCCCC/C=C\C/C=C\C/C=C\C/C=C\CCCCC)OC(=O)CCCCCCC/C=C\CCCCCCCC. The van der Waals surface area contributed by atoms with Crippen molar-refractivity contribution in [2.75, 3.05) is 39.6 Å². The lowest BCUT2D eigenvalue weighted by Gasteiger charge is -2.21. The Hall–Kier alpha value is -4.05. The zero-order valence-corrected chi connectivity index (χ0v) is 62.5. The molecule has 0 rings (SSSR count). The molecule has 16 nitrogen and oxygen atoms in total. The van der Waals surface area contributed by atoms with E-state index >= 15 is 0 Å². The van der Waals surface area contributed by atoms with Crippen LogP contribution >= 0.6 is 15.6 Å². The van der Waals surface area contributed by atoms with E-state index in [1.54, 1.807) is 0 Å². The van der Waals surface area contributed by atoms with E-state index in [2.05, 4.69) is 142 Å². The van der Waals surface area contributed by atoms with Gasteiger partial charge in [-0.1, -0.05) is 271 Å². The summed E-state index contributed by atoms with van der Waals surface area (Å²) in [5, 5.41) is 20.6. The zero-order valence-electron chi connectivity index (χ0n) is 60.7. The second kappa shape index (κ2) is 71.8.